The Balaban J connectivity index is 2.35. The molecule has 0 saturated carbocycles. The molecule has 2 unspecified atom stereocenters. The van der Waals surface area contributed by atoms with Crippen LogP contribution in [0, 0.1) is 11.6 Å². The van der Waals surface area contributed by atoms with Crippen molar-refractivity contribution in [1.82, 2.24) is 5.32 Å². The van der Waals surface area contributed by atoms with E-state index >= 15 is 0 Å². The van der Waals surface area contributed by atoms with Crippen LogP contribution < -0.4 is 5.32 Å². The molecule has 0 spiro atoms. The van der Waals surface area contributed by atoms with Gasteiger partial charge < -0.3 is 10.4 Å². The van der Waals surface area contributed by atoms with Crippen LogP contribution in [0.2, 0.25) is 0 Å². The highest BCUT2D eigenvalue weighted by Gasteiger charge is 2.76. The molecule has 222 valence electrons. The maximum Gasteiger partial charge on any atom is 0.429 e. The van der Waals surface area contributed by atoms with Crippen molar-refractivity contribution in [3.8, 4) is 0 Å². The van der Waals surface area contributed by atoms with E-state index in [1.165, 1.54) is 30.3 Å². The summed E-state index contributed by atoms with van der Waals surface area (Å²) >= 11 is 0. The fraction of sp³-hybridized carbons (Fsp3) is 0.269. The molecule has 0 bridgehead atoms. The van der Waals surface area contributed by atoms with Gasteiger partial charge in [-0.25, -0.2) is 13.2 Å². The van der Waals surface area contributed by atoms with E-state index in [1.54, 1.807) is 5.32 Å². The van der Waals surface area contributed by atoms with Crippen LogP contribution in [0.15, 0.2) is 72.8 Å². The van der Waals surface area contributed by atoms with Crippen molar-refractivity contribution in [2.45, 2.75) is 42.3 Å². The molecule has 0 heterocycles. The molecule has 0 aliphatic carbocycles. The Kier molecular flexibility index (Phi) is 8.46. The highest BCUT2D eigenvalue weighted by atomic mass is 19.4. The number of benzene rings is 3. The number of hydrogen-bond acceptors (Lipinski definition) is 2. The number of nitrogens with one attached hydrogen (secondary N) is 1. The third-order valence-corrected chi connectivity index (χ3v) is 6.16. The van der Waals surface area contributed by atoms with Crippen LogP contribution in [0.5, 0.6) is 0 Å². The normalized spacial score (nSPS) is 15.2. The molecule has 2 atom stereocenters. The van der Waals surface area contributed by atoms with E-state index in [0.717, 1.165) is 12.1 Å². The van der Waals surface area contributed by atoms with Crippen LogP contribution in [-0.2, 0) is 22.9 Å². The van der Waals surface area contributed by atoms with Gasteiger partial charge in [-0.05, 0) is 47.0 Å². The van der Waals surface area contributed by atoms with Gasteiger partial charge in [-0.2, -0.15) is 39.5 Å². The number of alkyl halides is 10. The van der Waals surface area contributed by atoms with E-state index in [2.05, 4.69) is 0 Å². The van der Waals surface area contributed by atoms with Crippen molar-refractivity contribution >= 4 is 5.91 Å². The number of aliphatic hydroxyl groups is 1. The summed E-state index contributed by atoms with van der Waals surface area (Å²) in [6.07, 6.45) is -24.4. The zero-order valence-electron chi connectivity index (χ0n) is 20.1. The first-order valence-corrected chi connectivity index (χ1v) is 11.2. The van der Waals surface area contributed by atoms with E-state index in [9.17, 15) is 62.6 Å². The maximum absolute atomic E-state index is 14.9. The summed E-state index contributed by atoms with van der Waals surface area (Å²) in [5, 5.41) is 11.0. The predicted molar refractivity (Wildman–Crippen MR) is 119 cm³/mol. The van der Waals surface area contributed by atoms with Gasteiger partial charge in [-0.15, -0.1) is 0 Å². The van der Waals surface area contributed by atoms with Crippen LogP contribution in [0.25, 0.3) is 0 Å². The third kappa shape index (κ3) is 6.29. The lowest BCUT2D eigenvalue weighted by Gasteiger charge is -2.39. The topological polar surface area (TPSA) is 49.3 Å². The van der Waals surface area contributed by atoms with Crippen LogP contribution in [-0.4, -0.2) is 35.1 Å². The summed E-state index contributed by atoms with van der Waals surface area (Å²) in [7, 11) is 0. The molecule has 0 aromatic heterocycles. The van der Waals surface area contributed by atoms with E-state index in [0.29, 0.717) is 18.2 Å². The third-order valence-electron chi connectivity index (χ3n) is 6.16. The molecule has 0 aliphatic heterocycles. The molecule has 3 aromatic carbocycles. The van der Waals surface area contributed by atoms with Crippen LogP contribution in [0.1, 0.15) is 22.3 Å². The van der Waals surface area contributed by atoms with Crippen LogP contribution >= 0.6 is 0 Å². The molecule has 2 N–H and O–H groups in total. The molecule has 0 aliphatic rings. The van der Waals surface area contributed by atoms with Gasteiger partial charge in [0.1, 0.15) is 11.6 Å². The summed E-state index contributed by atoms with van der Waals surface area (Å²) in [6.45, 7) is 0. The maximum atomic E-state index is 14.9. The number of carbonyl (C=O) groups is 1. The average molecular weight is 603 g/mol. The van der Waals surface area contributed by atoms with Crippen LogP contribution in [0.4, 0.5) is 52.7 Å². The molecule has 15 heteroatoms. The first-order chi connectivity index (χ1) is 18.7. The van der Waals surface area contributed by atoms with Gasteiger partial charge in [-0.1, -0.05) is 42.5 Å². The Morgan fingerprint density at radius 1 is 0.707 bits per heavy atom. The van der Waals surface area contributed by atoms with Crippen molar-refractivity contribution in [2.75, 3.05) is 0 Å². The molecule has 3 aromatic rings. The second-order valence-corrected chi connectivity index (χ2v) is 8.91. The quantitative estimate of drug-likeness (QED) is 0.293. The van der Waals surface area contributed by atoms with Gasteiger partial charge in [-0.3, -0.25) is 4.79 Å². The zero-order chi connectivity index (χ0) is 31.0. The lowest BCUT2D eigenvalue weighted by Crippen LogP contribution is -2.67. The second-order valence-electron chi connectivity index (χ2n) is 8.91. The summed E-state index contributed by atoms with van der Waals surface area (Å²) in [5.74, 6) is -5.32. The second kappa shape index (κ2) is 10.9. The van der Waals surface area contributed by atoms with Crippen molar-refractivity contribution in [3.05, 3.63) is 107 Å². The van der Waals surface area contributed by atoms with Gasteiger partial charge in [0.2, 0.25) is 6.17 Å². The molecular weight excluding hydrogens is 586 g/mol. The van der Waals surface area contributed by atoms with E-state index in [-0.39, 0.29) is 17.7 Å². The Labute approximate surface area is 223 Å². The van der Waals surface area contributed by atoms with Gasteiger partial charge in [0.15, 0.2) is 0 Å². The molecular formula is C26H17F12NO2. The van der Waals surface area contributed by atoms with Gasteiger partial charge in [0.05, 0.1) is 11.1 Å². The number of amides is 1. The Morgan fingerprint density at radius 2 is 1.22 bits per heavy atom. The Morgan fingerprint density at radius 3 is 1.71 bits per heavy atom. The highest BCUT2D eigenvalue weighted by molar-refractivity contribution is 5.84. The summed E-state index contributed by atoms with van der Waals surface area (Å²) in [6, 6.07) is 10.3. The summed E-state index contributed by atoms with van der Waals surface area (Å²) in [5.41, 5.74) is -12.0. The number of halogens is 12. The molecule has 0 saturated heterocycles. The largest absolute Gasteiger partial charge is 0.429 e. The smallest absolute Gasteiger partial charge is 0.371 e. The lowest BCUT2D eigenvalue weighted by molar-refractivity contribution is -0.380. The van der Waals surface area contributed by atoms with Gasteiger partial charge in [0.25, 0.3) is 11.5 Å². The minimum absolute atomic E-state index is 0.0211. The average Bonchev–Trinajstić information content (AvgIpc) is 2.86. The number of rotatable bonds is 7. The molecule has 3 rings (SSSR count). The summed E-state index contributed by atoms with van der Waals surface area (Å²) in [4.78, 5) is 12.8. The molecule has 0 fully saturated rings. The zero-order valence-corrected chi connectivity index (χ0v) is 20.1. The number of carbonyl (C=O) groups excluding carboxylic acids is 1. The number of hydrogen-bond donors (Lipinski definition) is 2. The standard InChI is InChI=1S/C26H17F12NO2/c27-18-8-6-15(7-9-18)22(13-14-4-2-1-3-5-14,16-10-17(24(30,31)32)12-19(28)11-16)39-21(40)20(29)23(41,25(33,34)35)26(36,37)38/h1-12,20,41H,13H2,(H,39,40). The van der Waals surface area contributed by atoms with Crippen molar-refractivity contribution < 1.29 is 62.6 Å². The Bertz CT molecular complexity index is 1350. The highest BCUT2D eigenvalue weighted by Crippen LogP contribution is 2.47. The fourth-order valence-electron chi connectivity index (χ4n) is 4.11. The SMILES string of the molecule is O=C(NC(Cc1ccccc1)(c1ccc(F)cc1)c1cc(F)cc(C(F)(F)F)c1)C(F)C(O)(C(F)(F)F)C(F)(F)F. The summed E-state index contributed by atoms with van der Waals surface area (Å²) < 4.78 is 164. The van der Waals surface area contributed by atoms with Gasteiger partial charge in [0, 0.05) is 6.42 Å². The monoisotopic (exact) mass is 603 g/mol. The Hall–Kier alpha value is -3.75. The van der Waals surface area contributed by atoms with Crippen LogP contribution in [0.3, 0.4) is 0 Å². The molecule has 41 heavy (non-hydrogen) atoms. The van der Waals surface area contributed by atoms with E-state index < -0.39 is 76.5 Å². The predicted octanol–water partition coefficient (Wildman–Crippen LogP) is 6.78. The van der Waals surface area contributed by atoms with Gasteiger partial charge >= 0.3 is 18.5 Å². The molecule has 3 nitrogen and oxygen atoms in total. The first-order valence-electron chi connectivity index (χ1n) is 11.2. The van der Waals surface area contributed by atoms with E-state index in [4.69, 9.17) is 0 Å². The molecule has 0 radical (unpaired) electrons. The van der Waals surface area contributed by atoms with Crippen molar-refractivity contribution in [2.24, 2.45) is 0 Å². The van der Waals surface area contributed by atoms with Crippen molar-refractivity contribution in [1.29, 1.82) is 0 Å². The fourth-order valence-corrected chi connectivity index (χ4v) is 4.11. The minimum atomic E-state index is -6.79. The minimum Gasteiger partial charge on any atom is -0.371 e. The lowest BCUT2D eigenvalue weighted by atomic mass is 9.77. The van der Waals surface area contributed by atoms with Crippen molar-refractivity contribution in [3.63, 3.8) is 0 Å². The van der Waals surface area contributed by atoms with E-state index in [1.807, 2.05) is 0 Å². The first kappa shape index (κ1) is 31.8. The molecule has 1 amide bonds.